The summed E-state index contributed by atoms with van der Waals surface area (Å²) in [5, 5.41) is 6.81. The maximum Gasteiger partial charge on any atom is 0.433 e. The number of aromatic nitrogens is 1. The lowest BCUT2D eigenvalue weighted by Crippen LogP contribution is -2.40. The molecule has 134 valence electrons. The molecule has 1 amide bonds. The Morgan fingerprint density at radius 1 is 1.20 bits per heavy atom. The Morgan fingerprint density at radius 3 is 2.64 bits per heavy atom. The van der Waals surface area contributed by atoms with Crippen molar-refractivity contribution in [2.45, 2.75) is 50.9 Å². The van der Waals surface area contributed by atoms with Gasteiger partial charge >= 0.3 is 6.18 Å². The molecule has 1 saturated carbocycles. The molecule has 0 aliphatic heterocycles. The van der Waals surface area contributed by atoms with Gasteiger partial charge in [-0.3, -0.25) is 4.79 Å². The number of alkyl halides is 3. The van der Waals surface area contributed by atoms with Gasteiger partial charge in [0.25, 0.3) is 0 Å². The molecule has 4 nitrogen and oxygen atoms in total. The van der Waals surface area contributed by atoms with E-state index in [0.29, 0.717) is 23.0 Å². The van der Waals surface area contributed by atoms with Crippen LogP contribution < -0.4 is 10.6 Å². The third-order valence-electron chi connectivity index (χ3n) is 4.45. The van der Waals surface area contributed by atoms with Crippen LogP contribution in [-0.2, 0) is 11.0 Å². The van der Waals surface area contributed by atoms with Crippen molar-refractivity contribution in [1.29, 1.82) is 0 Å². The summed E-state index contributed by atoms with van der Waals surface area (Å²) in [4.78, 5) is 15.0. The monoisotopic (exact) mass is 351 g/mol. The van der Waals surface area contributed by atoms with E-state index < -0.39 is 11.9 Å². The quantitative estimate of drug-likeness (QED) is 0.875. The van der Waals surface area contributed by atoms with Gasteiger partial charge < -0.3 is 10.6 Å². The molecule has 1 aromatic heterocycles. The van der Waals surface area contributed by atoms with Crippen molar-refractivity contribution >= 4 is 22.5 Å². The number of rotatable bonds is 3. The Balaban J connectivity index is 1.88. The van der Waals surface area contributed by atoms with Gasteiger partial charge in [0.1, 0.15) is 5.69 Å². The van der Waals surface area contributed by atoms with E-state index in [4.69, 9.17) is 0 Å². The highest BCUT2D eigenvalue weighted by molar-refractivity contribution is 5.91. The SMILES string of the molecule is CC(=O)N[C@@H]1CCC[C@H](Nc2cc(C(F)(F)F)nc3ccccc23)C1. The minimum Gasteiger partial charge on any atom is -0.382 e. The van der Waals surface area contributed by atoms with Crippen LogP contribution in [0, 0.1) is 0 Å². The van der Waals surface area contributed by atoms with Crippen molar-refractivity contribution in [1.82, 2.24) is 10.3 Å². The summed E-state index contributed by atoms with van der Waals surface area (Å²) in [6, 6.07) is 7.94. The van der Waals surface area contributed by atoms with Crippen molar-refractivity contribution in [2.75, 3.05) is 5.32 Å². The number of carbonyl (C=O) groups excluding carboxylic acids is 1. The van der Waals surface area contributed by atoms with Crippen LogP contribution in [0.1, 0.15) is 38.3 Å². The van der Waals surface area contributed by atoms with Gasteiger partial charge in [-0.05, 0) is 37.8 Å². The average molecular weight is 351 g/mol. The number of pyridine rings is 1. The molecule has 25 heavy (non-hydrogen) atoms. The summed E-state index contributed by atoms with van der Waals surface area (Å²) in [6.07, 6.45) is -1.14. The highest BCUT2D eigenvalue weighted by Crippen LogP contribution is 2.34. The number of benzene rings is 1. The number of nitrogens with one attached hydrogen (secondary N) is 2. The van der Waals surface area contributed by atoms with E-state index in [-0.39, 0.29) is 18.0 Å². The normalized spacial score (nSPS) is 21.1. The van der Waals surface area contributed by atoms with Crippen LogP contribution in [0.25, 0.3) is 10.9 Å². The summed E-state index contributed by atoms with van der Waals surface area (Å²) in [5.41, 5.74) is -0.150. The van der Waals surface area contributed by atoms with Crippen molar-refractivity contribution in [2.24, 2.45) is 0 Å². The zero-order valence-electron chi connectivity index (χ0n) is 13.9. The fraction of sp³-hybridized carbons (Fsp3) is 0.444. The molecule has 1 aliphatic rings. The van der Waals surface area contributed by atoms with E-state index in [9.17, 15) is 18.0 Å². The number of para-hydroxylation sites is 1. The molecule has 1 aliphatic carbocycles. The molecule has 2 atom stereocenters. The van der Waals surface area contributed by atoms with Crippen LogP contribution in [0.2, 0.25) is 0 Å². The number of halogens is 3. The molecule has 0 spiro atoms. The van der Waals surface area contributed by atoms with E-state index in [1.165, 1.54) is 6.92 Å². The Labute approximate surface area is 143 Å². The molecule has 0 saturated heterocycles. The lowest BCUT2D eigenvalue weighted by atomic mass is 9.90. The largest absolute Gasteiger partial charge is 0.433 e. The van der Waals surface area contributed by atoms with Gasteiger partial charge in [-0.1, -0.05) is 18.2 Å². The maximum atomic E-state index is 13.1. The molecule has 1 fully saturated rings. The first-order valence-electron chi connectivity index (χ1n) is 8.33. The smallest absolute Gasteiger partial charge is 0.382 e. The van der Waals surface area contributed by atoms with Crippen molar-refractivity contribution in [3.8, 4) is 0 Å². The molecule has 1 aromatic carbocycles. The molecule has 0 bridgehead atoms. The lowest BCUT2D eigenvalue weighted by Gasteiger charge is -2.31. The minimum atomic E-state index is -4.49. The number of hydrogen-bond acceptors (Lipinski definition) is 3. The zero-order chi connectivity index (χ0) is 18.0. The fourth-order valence-corrected chi connectivity index (χ4v) is 3.40. The standard InChI is InChI=1S/C18H20F3N3O/c1-11(25)22-12-5-4-6-13(9-12)23-16-10-17(18(19,20)21)24-15-8-3-2-7-14(15)16/h2-3,7-8,10,12-13H,4-6,9H2,1H3,(H,22,25)(H,23,24)/t12-,13+/m1/s1. The number of fused-ring (bicyclic) bond motifs is 1. The fourth-order valence-electron chi connectivity index (χ4n) is 3.40. The number of amides is 1. The predicted octanol–water partition coefficient (Wildman–Crippen LogP) is 4.11. The zero-order valence-corrected chi connectivity index (χ0v) is 13.9. The molecule has 3 rings (SSSR count). The predicted molar refractivity (Wildman–Crippen MR) is 90.2 cm³/mol. The van der Waals surface area contributed by atoms with Crippen molar-refractivity contribution in [3.05, 3.63) is 36.0 Å². The third-order valence-corrected chi connectivity index (χ3v) is 4.45. The maximum absolute atomic E-state index is 13.1. The van der Waals surface area contributed by atoms with Crippen LogP contribution in [-0.4, -0.2) is 23.0 Å². The molecule has 0 unspecified atom stereocenters. The molecule has 2 N–H and O–H groups in total. The van der Waals surface area contributed by atoms with Gasteiger partial charge in [0.05, 0.1) is 5.52 Å². The molecule has 0 radical (unpaired) electrons. The number of nitrogens with zero attached hydrogens (tertiary/aromatic N) is 1. The van der Waals surface area contributed by atoms with E-state index in [1.54, 1.807) is 24.3 Å². The third kappa shape index (κ3) is 4.21. The van der Waals surface area contributed by atoms with Crippen LogP contribution >= 0.6 is 0 Å². The second-order valence-corrected chi connectivity index (χ2v) is 6.48. The van der Waals surface area contributed by atoms with Crippen molar-refractivity contribution < 1.29 is 18.0 Å². The highest BCUT2D eigenvalue weighted by atomic mass is 19.4. The van der Waals surface area contributed by atoms with Gasteiger partial charge in [0, 0.05) is 30.1 Å². The second-order valence-electron chi connectivity index (χ2n) is 6.48. The van der Waals surface area contributed by atoms with E-state index in [0.717, 1.165) is 25.3 Å². The van der Waals surface area contributed by atoms with Gasteiger partial charge in [-0.25, -0.2) is 4.98 Å². The lowest BCUT2D eigenvalue weighted by molar-refractivity contribution is -0.140. The minimum absolute atomic E-state index is 0.0116. The first-order chi connectivity index (χ1) is 11.8. The summed E-state index contributed by atoms with van der Waals surface area (Å²) >= 11 is 0. The molecular formula is C18H20F3N3O. The molecule has 1 heterocycles. The summed E-state index contributed by atoms with van der Waals surface area (Å²) in [5.74, 6) is -0.0839. The first kappa shape index (κ1) is 17.5. The van der Waals surface area contributed by atoms with E-state index >= 15 is 0 Å². The molecule has 7 heteroatoms. The molecule has 2 aromatic rings. The van der Waals surface area contributed by atoms with Crippen LogP contribution in [0.4, 0.5) is 18.9 Å². The summed E-state index contributed by atoms with van der Waals surface area (Å²) < 4.78 is 39.4. The van der Waals surface area contributed by atoms with Gasteiger partial charge in [0.15, 0.2) is 0 Å². The Kier molecular flexibility index (Phi) is 4.83. The first-order valence-corrected chi connectivity index (χ1v) is 8.33. The van der Waals surface area contributed by atoms with E-state index in [2.05, 4.69) is 15.6 Å². The number of carbonyl (C=O) groups is 1. The average Bonchev–Trinajstić information content (AvgIpc) is 2.53. The molecular weight excluding hydrogens is 331 g/mol. The Hall–Kier alpha value is -2.31. The number of anilines is 1. The van der Waals surface area contributed by atoms with Crippen LogP contribution in [0.5, 0.6) is 0 Å². The topological polar surface area (TPSA) is 54.0 Å². The van der Waals surface area contributed by atoms with Crippen LogP contribution in [0.15, 0.2) is 30.3 Å². The highest BCUT2D eigenvalue weighted by Gasteiger charge is 2.33. The Bertz CT molecular complexity index is 776. The Morgan fingerprint density at radius 2 is 1.92 bits per heavy atom. The van der Waals surface area contributed by atoms with Gasteiger partial charge in [-0.15, -0.1) is 0 Å². The summed E-state index contributed by atoms with van der Waals surface area (Å²) in [6.45, 7) is 1.48. The summed E-state index contributed by atoms with van der Waals surface area (Å²) in [7, 11) is 0. The van der Waals surface area contributed by atoms with Crippen molar-refractivity contribution in [3.63, 3.8) is 0 Å². The van der Waals surface area contributed by atoms with E-state index in [1.807, 2.05) is 0 Å². The van der Waals surface area contributed by atoms with Gasteiger partial charge in [-0.2, -0.15) is 13.2 Å². The number of hydrogen-bond donors (Lipinski definition) is 2. The second kappa shape index (κ2) is 6.90. The van der Waals surface area contributed by atoms with Crippen LogP contribution in [0.3, 0.4) is 0 Å². The van der Waals surface area contributed by atoms with Gasteiger partial charge in [0.2, 0.25) is 5.91 Å².